The van der Waals surface area contributed by atoms with Gasteiger partial charge in [-0.3, -0.25) is 13.9 Å². The number of amides is 2. The van der Waals surface area contributed by atoms with Crippen LogP contribution in [-0.2, 0) is 14.6 Å². The number of benzene rings is 1. The highest BCUT2D eigenvalue weighted by Gasteiger charge is 2.38. The van der Waals surface area contributed by atoms with Crippen molar-refractivity contribution in [2.24, 2.45) is 0 Å². The van der Waals surface area contributed by atoms with Gasteiger partial charge in [0.15, 0.2) is 0 Å². The number of nitrogens with zero attached hydrogens (tertiary/aromatic N) is 2. The first-order valence-corrected chi connectivity index (χ1v) is 12.9. The number of nitrogens with one attached hydrogen (secondary N) is 1. The molecule has 2 amide bonds. The van der Waals surface area contributed by atoms with Gasteiger partial charge in [0.05, 0.1) is 10.4 Å². The van der Waals surface area contributed by atoms with Crippen LogP contribution in [-0.4, -0.2) is 48.6 Å². The van der Waals surface area contributed by atoms with E-state index < -0.39 is 22.7 Å². The van der Waals surface area contributed by atoms with Gasteiger partial charge in [0.1, 0.15) is 0 Å². The fourth-order valence-corrected chi connectivity index (χ4v) is 8.22. The quantitative estimate of drug-likeness (QED) is 0.488. The molecule has 1 N–H and O–H groups in total. The van der Waals surface area contributed by atoms with Crippen molar-refractivity contribution in [3.8, 4) is 0 Å². The molecule has 11 heteroatoms. The molecule has 0 spiro atoms. The van der Waals surface area contributed by atoms with Crippen LogP contribution >= 0.6 is 30.2 Å². The molecule has 0 aromatic heterocycles. The first-order valence-electron chi connectivity index (χ1n) is 7.82. The molecule has 0 fully saturated rings. The largest absolute Gasteiger partial charge is 0.338 e. The number of carbonyl (C=O) groups is 1. The predicted octanol–water partition coefficient (Wildman–Crippen LogP) is 3.85. The van der Waals surface area contributed by atoms with E-state index in [4.69, 9.17) is 12.2 Å². The van der Waals surface area contributed by atoms with E-state index in [-0.39, 0.29) is 10.1 Å². The van der Waals surface area contributed by atoms with Gasteiger partial charge in [-0.1, -0.05) is 55.1 Å². The van der Waals surface area contributed by atoms with Crippen molar-refractivity contribution in [2.45, 2.75) is 37.3 Å². The van der Waals surface area contributed by atoms with Crippen molar-refractivity contribution < 1.29 is 17.8 Å². The lowest BCUT2D eigenvalue weighted by Gasteiger charge is -2.34. The van der Waals surface area contributed by atoms with Gasteiger partial charge >= 0.3 is 12.7 Å². The van der Waals surface area contributed by atoms with Gasteiger partial charge in [0.25, 0.3) is 10.0 Å². The number of thiocarbonyl (C=S) groups is 1. The number of hydrogen-bond donors (Lipinski definition) is 1. The van der Waals surface area contributed by atoms with Crippen LogP contribution in [0.3, 0.4) is 0 Å². The second-order valence-electron chi connectivity index (χ2n) is 5.74. The maximum atomic E-state index is 13.4. The normalized spacial score (nSPS) is 14.8. The van der Waals surface area contributed by atoms with E-state index in [1.165, 1.54) is 36.4 Å². The fourth-order valence-electron chi connectivity index (χ4n) is 1.80. The lowest BCUT2D eigenvalue weighted by molar-refractivity contribution is 0.233. The van der Waals surface area contributed by atoms with E-state index in [0.717, 1.165) is 28.0 Å². The van der Waals surface area contributed by atoms with E-state index in [0.29, 0.717) is 0 Å². The summed E-state index contributed by atoms with van der Waals surface area (Å²) in [6, 6.07) is 5.09. The molecule has 0 aliphatic heterocycles. The molecule has 2 atom stereocenters. The zero-order valence-corrected chi connectivity index (χ0v) is 18.7. The summed E-state index contributed by atoms with van der Waals surface area (Å²) in [5, 5.41) is -0.0119. The minimum absolute atomic E-state index is 0.0119. The maximum absolute atomic E-state index is 13.4. The molecule has 0 saturated carbocycles. The van der Waals surface area contributed by atoms with E-state index in [9.17, 15) is 17.8 Å². The molecule has 0 aliphatic rings. The monoisotopic (exact) mass is 437 g/mol. The molecule has 0 aliphatic carbocycles. The lowest BCUT2D eigenvalue weighted by atomic mass is 10.2. The standard InChI is InChI=1S/C15H24N3O4PS3/c1-6-13(3)25-23(20,17(4)11-24)18(5)15(19)16-26(21,22)14-9-7-12(2)8-10-14/h7-11,13H,6H2,1-5H3,(H,16,19). The van der Waals surface area contributed by atoms with Gasteiger partial charge in [-0.15, -0.1) is 0 Å². The molecule has 146 valence electrons. The summed E-state index contributed by atoms with van der Waals surface area (Å²) in [5.74, 6) is 0. The molecule has 1 rings (SSSR count). The number of urea groups is 1. The van der Waals surface area contributed by atoms with E-state index >= 15 is 0 Å². The Balaban J connectivity index is 3.10. The van der Waals surface area contributed by atoms with Crippen LogP contribution in [0, 0.1) is 6.92 Å². The molecule has 26 heavy (non-hydrogen) atoms. The Morgan fingerprint density at radius 1 is 1.35 bits per heavy atom. The van der Waals surface area contributed by atoms with Crippen LogP contribution in [0.4, 0.5) is 4.79 Å². The molecule has 2 unspecified atom stereocenters. The lowest BCUT2D eigenvalue weighted by Crippen LogP contribution is -2.41. The smallest absolute Gasteiger partial charge is 0.298 e. The molecular formula is C15H24N3O4PS3. The van der Waals surface area contributed by atoms with E-state index in [2.05, 4.69) is 0 Å². The SMILES string of the molecule is CCC(C)SP(=O)(N(C)C=S)N(C)C(=O)NS(=O)(=O)c1ccc(C)cc1. The van der Waals surface area contributed by atoms with Crippen LogP contribution in [0.15, 0.2) is 29.2 Å². The van der Waals surface area contributed by atoms with Crippen molar-refractivity contribution in [2.75, 3.05) is 14.1 Å². The third-order valence-electron chi connectivity index (χ3n) is 3.67. The van der Waals surface area contributed by atoms with Crippen LogP contribution in [0.2, 0.25) is 0 Å². The van der Waals surface area contributed by atoms with Crippen LogP contribution < -0.4 is 4.72 Å². The number of hydrogen-bond acceptors (Lipinski definition) is 6. The average molecular weight is 438 g/mol. The molecule has 7 nitrogen and oxygen atoms in total. The third kappa shape index (κ3) is 5.45. The Bertz CT molecular complexity index is 799. The Hall–Kier alpha value is -1.09. The van der Waals surface area contributed by atoms with Crippen LogP contribution in [0.5, 0.6) is 0 Å². The van der Waals surface area contributed by atoms with Gasteiger partial charge < -0.3 is 0 Å². The highest BCUT2D eigenvalue weighted by Crippen LogP contribution is 2.64. The Morgan fingerprint density at radius 3 is 2.35 bits per heavy atom. The predicted molar refractivity (Wildman–Crippen MR) is 111 cm³/mol. The summed E-state index contributed by atoms with van der Waals surface area (Å²) in [4.78, 5) is 12.5. The highest BCUT2D eigenvalue weighted by molar-refractivity contribution is 8.57. The summed E-state index contributed by atoms with van der Waals surface area (Å²) < 4.78 is 42.4. The molecule has 0 radical (unpaired) electrons. The minimum atomic E-state index is -4.07. The Labute approximate surface area is 164 Å². The highest BCUT2D eigenvalue weighted by atomic mass is 32.7. The number of rotatable bonds is 8. The van der Waals surface area contributed by atoms with Gasteiger partial charge in [-0.2, -0.15) is 0 Å². The van der Waals surface area contributed by atoms with Crippen molar-refractivity contribution in [1.82, 2.24) is 14.1 Å². The van der Waals surface area contributed by atoms with Crippen LogP contribution in [0.25, 0.3) is 0 Å². The minimum Gasteiger partial charge on any atom is -0.298 e. The van der Waals surface area contributed by atoms with Crippen molar-refractivity contribution >= 4 is 51.8 Å². The summed E-state index contributed by atoms with van der Waals surface area (Å²) in [6.45, 7) is 2.17. The third-order valence-corrected chi connectivity index (χ3v) is 11.7. The second kappa shape index (κ2) is 9.21. The molecule has 1 aromatic carbocycles. The molecule has 0 saturated heterocycles. The summed E-state index contributed by atoms with van der Waals surface area (Å²) in [7, 11) is -1.28. The van der Waals surface area contributed by atoms with E-state index in [1.807, 2.05) is 25.5 Å². The fraction of sp³-hybridized carbons (Fsp3) is 0.467. The Morgan fingerprint density at radius 2 is 1.88 bits per heavy atom. The molecule has 0 heterocycles. The number of carbonyl (C=O) groups excluding carboxylic acids is 1. The molecule has 0 bridgehead atoms. The number of sulfonamides is 1. The van der Waals surface area contributed by atoms with E-state index in [1.54, 1.807) is 12.1 Å². The van der Waals surface area contributed by atoms with Crippen LogP contribution in [0.1, 0.15) is 25.8 Å². The Kier molecular flexibility index (Phi) is 8.13. The van der Waals surface area contributed by atoms with Crippen molar-refractivity contribution in [1.29, 1.82) is 0 Å². The topological polar surface area (TPSA) is 86.8 Å². The molecular weight excluding hydrogens is 413 g/mol. The van der Waals surface area contributed by atoms with Gasteiger partial charge in [-0.05, 0) is 25.5 Å². The second-order valence-corrected chi connectivity index (χ2v) is 12.9. The zero-order valence-electron chi connectivity index (χ0n) is 15.4. The van der Waals surface area contributed by atoms with Gasteiger partial charge in [0.2, 0.25) is 0 Å². The summed E-state index contributed by atoms with van der Waals surface area (Å²) in [5.41, 5.74) is 2.08. The van der Waals surface area contributed by atoms with Crippen molar-refractivity contribution in [3.63, 3.8) is 0 Å². The summed E-state index contributed by atoms with van der Waals surface area (Å²) in [6.07, 6.45) is 0.733. The maximum Gasteiger partial charge on any atom is 0.338 e. The van der Waals surface area contributed by atoms with Gasteiger partial charge in [0, 0.05) is 19.3 Å². The molecule has 1 aromatic rings. The summed E-state index contributed by atoms with van der Waals surface area (Å²) >= 11 is 5.95. The van der Waals surface area contributed by atoms with Crippen molar-refractivity contribution in [3.05, 3.63) is 29.8 Å². The average Bonchev–Trinajstić information content (AvgIpc) is 2.59. The van der Waals surface area contributed by atoms with Gasteiger partial charge in [-0.25, -0.2) is 17.9 Å². The number of aryl methyl sites for hydroxylation is 1. The zero-order chi connectivity index (χ0) is 20.1. The first kappa shape index (κ1) is 23.0. The first-order chi connectivity index (χ1) is 12.0.